The molecule has 0 radical (unpaired) electrons. The molecule has 1 unspecified atom stereocenters. The predicted molar refractivity (Wildman–Crippen MR) is 130 cm³/mol. The van der Waals surface area contributed by atoms with Crippen LogP contribution in [0.3, 0.4) is 0 Å². The summed E-state index contributed by atoms with van der Waals surface area (Å²) < 4.78 is 13.3. The van der Waals surface area contributed by atoms with E-state index in [1.54, 1.807) is 19.3 Å². The molecule has 0 bridgehead atoms. The highest BCUT2D eigenvalue weighted by molar-refractivity contribution is 5.92. The van der Waals surface area contributed by atoms with Gasteiger partial charge in [0.1, 0.15) is 23.9 Å². The van der Waals surface area contributed by atoms with Crippen LogP contribution >= 0.6 is 0 Å². The fourth-order valence-electron chi connectivity index (χ4n) is 3.67. The van der Waals surface area contributed by atoms with Gasteiger partial charge >= 0.3 is 0 Å². The van der Waals surface area contributed by atoms with E-state index in [9.17, 15) is 4.79 Å². The molecule has 0 fully saturated rings. The first-order valence-electron chi connectivity index (χ1n) is 10.9. The van der Waals surface area contributed by atoms with Crippen LogP contribution in [0, 0.1) is 0 Å². The molecule has 1 amide bonds. The van der Waals surface area contributed by atoms with Gasteiger partial charge < -0.3 is 19.4 Å². The largest absolute Gasteiger partial charge is 0.497 e. The molecule has 0 saturated heterocycles. The van der Waals surface area contributed by atoms with Crippen LogP contribution in [0.1, 0.15) is 24.4 Å². The van der Waals surface area contributed by atoms with Crippen LogP contribution in [-0.4, -0.2) is 29.2 Å². The van der Waals surface area contributed by atoms with Crippen LogP contribution in [0.2, 0.25) is 0 Å². The van der Waals surface area contributed by atoms with Gasteiger partial charge in [0, 0.05) is 12.1 Å². The first kappa shape index (κ1) is 22.1. The molecule has 1 atom stereocenters. The Bertz CT molecular complexity index is 1250. The van der Waals surface area contributed by atoms with Gasteiger partial charge in [-0.1, -0.05) is 48.5 Å². The fourth-order valence-corrected chi connectivity index (χ4v) is 3.67. The minimum Gasteiger partial charge on any atom is -0.497 e. The summed E-state index contributed by atoms with van der Waals surface area (Å²) in [5.41, 5.74) is 2.86. The summed E-state index contributed by atoms with van der Waals surface area (Å²) in [6, 6.07) is 24.9. The number of hydrogen-bond donors (Lipinski definition) is 1. The zero-order chi connectivity index (χ0) is 23.0. The van der Waals surface area contributed by atoms with Crippen molar-refractivity contribution in [2.45, 2.75) is 19.5 Å². The van der Waals surface area contributed by atoms with E-state index in [-0.39, 0.29) is 11.9 Å². The molecule has 3 aromatic carbocycles. The van der Waals surface area contributed by atoms with E-state index in [0.29, 0.717) is 13.2 Å². The average Bonchev–Trinajstić information content (AvgIpc) is 3.22. The van der Waals surface area contributed by atoms with Crippen molar-refractivity contribution in [2.24, 2.45) is 0 Å². The summed E-state index contributed by atoms with van der Waals surface area (Å²) in [7, 11) is 1.63. The van der Waals surface area contributed by atoms with Crippen LogP contribution in [0.5, 0.6) is 11.5 Å². The van der Waals surface area contributed by atoms with Crippen molar-refractivity contribution >= 4 is 23.0 Å². The van der Waals surface area contributed by atoms with Gasteiger partial charge in [-0.3, -0.25) is 4.79 Å². The molecule has 168 valence electrons. The van der Waals surface area contributed by atoms with Crippen molar-refractivity contribution < 1.29 is 14.3 Å². The number of methoxy groups -OCH3 is 1. The fraction of sp³-hybridized carbons (Fsp3) is 0.185. The number of benzene rings is 3. The average molecular weight is 442 g/mol. The molecule has 6 nitrogen and oxygen atoms in total. The molecule has 0 aliphatic heterocycles. The Morgan fingerprint density at radius 2 is 1.79 bits per heavy atom. The van der Waals surface area contributed by atoms with Gasteiger partial charge in [-0.25, -0.2) is 4.98 Å². The van der Waals surface area contributed by atoms with E-state index in [2.05, 4.69) is 9.88 Å². The van der Waals surface area contributed by atoms with Crippen LogP contribution in [0.15, 0.2) is 84.9 Å². The number of rotatable bonds is 9. The molecule has 0 aliphatic rings. The van der Waals surface area contributed by atoms with Gasteiger partial charge in [-0.05, 0) is 42.8 Å². The summed E-state index contributed by atoms with van der Waals surface area (Å²) in [5, 5.41) is 3.02. The number of imidazole rings is 1. The Labute approximate surface area is 193 Å². The van der Waals surface area contributed by atoms with Crippen LogP contribution in [0.25, 0.3) is 17.1 Å². The summed E-state index contributed by atoms with van der Waals surface area (Å²) in [5.74, 6) is 2.11. The van der Waals surface area contributed by atoms with Crippen LogP contribution < -0.4 is 14.8 Å². The maximum absolute atomic E-state index is 12.5. The van der Waals surface area contributed by atoms with E-state index in [0.717, 1.165) is 33.9 Å². The lowest BCUT2D eigenvalue weighted by atomic mass is 10.2. The molecule has 1 heterocycles. The first-order chi connectivity index (χ1) is 16.1. The molecule has 4 aromatic rings. The van der Waals surface area contributed by atoms with E-state index < -0.39 is 0 Å². The van der Waals surface area contributed by atoms with Crippen molar-refractivity contribution in [3.05, 3.63) is 96.3 Å². The third kappa shape index (κ3) is 5.60. The SMILES string of the molecule is COc1cccc(OCCn2c(C(C)NC(=O)/C=C\c3ccccc3)nc3ccccc32)c1. The van der Waals surface area contributed by atoms with Gasteiger partial charge in [0.25, 0.3) is 0 Å². The molecule has 0 saturated carbocycles. The standard InChI is InChI=1S/C27H27N3O3/c1-20(28-26(31)16-15-21-9-4-3-5-10-21)27-29-24-13-6-7-14-25(24)30(27)17-18-33-23-12-8-11-22(19-23)32-2/h3-16,19-20H,17-18H2,1-2H3,(H,28,31)/b16-15-. The molecule has 33 heavy (non-hydrogen) atoms. The number of hydrogen-bond acceptors (Lipinski definition) is 4. The second-order valence-electron chi connectivity index (χ2n) is 7.61. The van der Waals surface area contributed by atoms with E-state index >= 15 is 0 Å². The van der Waals surface area contributed by atoms with Crippen molar-refractivity contribution in [1.29, 1.82) is 0 Å². The Morgan fingerprint density at radius 1 is 1.03 bits per heavy atom. The summed E-state index contributed by atoms with van der Waals surface area (Å²) in [6.07, 6.45) is 3.34. The number of nitrogens with zero attached hydrogens (tertiary/aromatic N) is 2. The number of para-hydroxylation sites is 2. The Hall–Kier alpha value is -4.06. The lowest BCUT2D eigenvalue weighted by molar-refractivity contribution is -0.117. The number of carbonyl (C=O) groups is 1. The zero-order valence-electron chi connectivity index (χ0n) is 18.8. The first-order valence-corrected chi connectivity index (χ1v) is 10.9. The Balaban J connectivity index is 1.48. The smallest absolute Gasteiger partial charge is 0.244 e. The number of fused-ring (bicyclic) bond motifs is 1. The van der Waals surface area contributed by atoms with Gasteiger partial charge in [0.05, 0.1) is 30.7 Å². The van der Waals surface area contributed by atoms with Crippen LogP contribution in [-0.2, 0) is 11.3 Å². The molecule has 0 spiro atoms. The number of carbonyl (C=O) groups excluding carboxylic acids is 1. The summed E-state index contributed by atoms with van der Waals surface area (Å²) in [6.45, 7) is 2.98. The molecule has 1 N–H and O–H groups in total. The minimum atomic E-state index is -0.276. The lowest BCUT2D eigenvalue weighted by Gasteiger charge is -2.16. The third-order valence-corrected chi connectivity index (χ3v) is 5.28. The van der Waals surface area contributed by atoms with Crippen LogP contribution in [0.4, 0.5) is 0 Å². The molecule has 0 aliphatic carbocycles. The molecular formula is C27H27N3O3. The molecule has 1 aromatic heterocycles. The Morgan fingerprint density at radius 3 is 2.61 bits per heavy atom. The number of ether oxygens (including phenoxy) is 2. The minimum absolute atomic E-state index is 0.169. The summed E-state index contributed by atoms with van der Waals surface area (Å²) in [4.78, 5) is 17.3. The van der Waals surface area contributed by atoms with Crippen molar-refractivity contribution in [1.82, 2.24) is 14.9 Å². The van der Waals surface area contributed by atoms with Crippen molar-refractivity contribution in [3.8, 4) is 11.5 Å². The number of nitrogens with one attached hydrogen (secondary N) is 1. The van der Waals surface area contributed by atoms with E-state index in [1.807, 2.05) is 85.8 Å². The summed E-state index contributed by atoms with van der Waals surface area (Å²) >= 11 is 0. The third-order valence-electron chi connectivity index (χ3n) is 5.28. The van der Waals surface area contributed by atoms with Gasteiger partial charge in [-0.15, -0.1) is 0 Å². The van der Waals surface area contributed by atoms with E-state index in [1.165, 1.54) is 0 Å². The maximum atomic E-state index is 12.5. The predicted octanol–water partition coefficient (Wildman–Crippen LogP) is 5.01. The normalized spacial score (nSPS) is 12.1. The zero-order valence-corrected chi connectivity index (χ0v) is 18.8. The van der Waals surface area contributed by atoms with Gasteiger partial charge in [-0.2, -0.15) is 0 Å². The quantitative estimate of drug-likeness (QED) is 0.371. The van der Waals surface area contributed by atoms with Gasteiger partial charge in [0.15, 0.2) is 0 Å². The molecule has 6 heteroatoms. The second kappa shape index (κ2) is 10.5. The highest BCUT2D eigenvalue weighted by Gasteiger charge is 2.17. The maximum Gasteiger partial charge on any atom is 0.244 e. The number of aromatic nitrogens is 2. The number of amides is 1. The van der Waals surface area contributed by atoms with E-state index in [4.69, 9.17) is 14.5 Å². The monoisotopic (exact) mass is 441 g/mol. The molecule has 4 rings (SSSR count). The van der Waals surface area contributed by atoms with Crippen molar-refractivity contribution in [3.63, 3.8) is 0 Å². The van der Waals surface area contributed by atoms with Crippen molar-refractivity contribution in [2.75, 3.05) is 13.7 Å². The molecular weight excluding hydrogens is 414 g/mol. The second-order valence-corrected chi connectivity index (χ2v) is 7.61. The highest BCUT2D eigenvalue weighted by Crippen LogP contribution is 2.22. The van der Waals surface area contributed by atoms with Gasteiger partial charge in [0.2, 0.25) is 5.91 Å². The topological polar surface area (TPSA) is 65.4 Å². The lowest BCUT2D eigenvalue weighted by Crippen LogP contribution is -2.27. The Kier molecular flexibility index (Phi) is 7.05. The highest BCUT2D eigenvalue weighted by atomic mass is 16.5.